The molecule has 0 aromatic carbocycles. The number of carboxylic acid groups (broad SMARTS) is 1. The van der Waals surface area contributed by atoms with Gasteiger partial charge in [-0.1, -0.05) is 0 Å². The maximum Gasteiger partial charge on any atom is 0.355 e. The molecular formula is C11H14N2O4S. The second-order valence-electron chi connectivity index (χ2n) is 4.05. The van der Waals surface area contributed by atoms with E-state index in [4.69, 9.17) is 9.84 Å². The lowest BCUT2D eigenvalue weighted by molar-refractivity contribution is -0.123. The number of carbonyl (C=O) groups is 2. The summed E-state index contributed by atoms with van der Waals surface area (Å²) in [5.41, 5.74) is 0.0170. The lowest BCUT2D eigenvalue weighted by atomic mass is 10.2. The van der Waals surface area contributed by atoms with Gasteiger partial charge in [0, 0.05) is 12.0 Å². The summed E-state index contributed by atoms with van der Waals surface area (Å²) in [7, 11) is 0. The van der Waals surface area contributed by atoms with Gasteiger partial charge in [-0.05, 0) is 12.8 Å². The number of carboxylic acids is 1. The van der Waals surface area contributed by atoms with Crippen molar-refractivity contribution in [3.05, 3.63) is 16.1 Å². The molecule has 1 amide bonds. The minimum Gasteiger partial charge on any atom is -0.476 e. The van der Waals surface area contributed by atoms with E-state index in [1.165, 1.54) is 16.7 Å². The summed E-state index contributed by atoms with van der Waals surface area (Å²) in [5.74, 6) is -1.14. The van der Waals surface area contributed by atoms with Crippen LogP contribution in [0.15, 0.2) is 5.38 Å². The van der Waals surface area contributed by atoms with Crippen molar-refractivity contribution in [2.45, 2.75) is 31.9 Å². The fourth-order valence-electron chi connectivity index (χ4n) is 1.75. The number of nitrogens with one attached hydrogen (secondary N) is 1. The number of rotatable bonds is 5. The summed E-state index contributed by atoms with van der Waals surface area (Å²) in [4.78, 5) is 26.1. The zero-order valence-electron chi connectivity index (χ0n) is 9.72. The zero-order chi connectivity index (χ0) is 13.0. The summed E-state index contributed by atoms with van der Waals surface area (Å²) in [6.45, 7) is 0.996. The van der Waals surface area contributed by atoms with Crippen molar-refractivity contribution in [1.82, 2.24) is 10.3 Å². The van der Waals surface area contributed by atoms with Gasteiger partial charge in [0.1, 0.15) is 5.01 Å². The van der Waals surface area contributed by atoms with E-state index in [1.807, 2.05) is 0 Å². The van der Waals surface area contributed by atoms with Gasteiger partial charge in [-0.2, -0.15) is 0 Å². The van der Waals surface area contributed by atoms with Gasteiger partial charge in [-0.25, -0.2) is 9.78 Å². The Balaban J connectivity index is 1.76. The molecule has 1 aromatic rings. The number of nitrogens with zero attached hydrogens (tertiary/aromatic N) is 1. The minimum atomic E-state index is -1.05. The van der Waals surface area contributed by atoms with Crippen molar-refractivity contribution in [3.63, 3.8) is 0 Å². The second kappa shape index (κ2) is 5.92. The summed E-state index contributed by atoms with van der Waals surface area (Å²) in [6.07, 6.45) is 2.31. The molecule has 1 aliphatic heterocycles. The Morgan fingerprint density at radius 3 is 3.06 bits per heavy atom. The van der Waals surface area contributed by atoms with Crippen molar-refractivity contribution in [2.24, 2.45) is 0 Å². The SMILES string of the molecule is O=C(CC1CCCO1)NCc1nc(C(=O)O)cs1. The molecule has 7 heteroatoms. The maximum atomic E-state index is 11.6. The van der Waals surface area contributed by atoms with Gasteiger partial charge < -0.3 is 15.2 Å². The standard InChI is InChI=1S/C11H14N2O4S/c14-9(4-7-2-1-3-17-7)12-5-10-13-8(6-18-10)11(15)16/h6-7H,1-5H2,(H,12,14)(H,15,16). The van der Waals surface area contributed by atoms with Gasteiger partial charge in [-0.15, -0.1) is 11.3 Å². The molecule has 1 aliphatic rings. The summed E-state index contributed by atoms with van der Waals surface area (Å²) < 4.78 is 5.36. The van der Waals surface area contributed by atoms with Gasteiger partial charge in [0.15, 0.2) is 5.69 Å². The number of aromatic nitrogens is 1. The lowest BCUT2D eigenvalue weighted by Crippen LogP contribution is -2.26. The van der Waals surface area contributed by atoms with Crippen LogP contribution in [0.1, 0.15) is 34.8 Å². The van der Waals surface area contributed by atoms with E-state index in [1.54, 1.807) is 0 Å². The zero-order valence-corrected chi connectivity index (χ0v) is 10.5. The maximum absolute atomic E-state index is 11.6. The number of hydrogen-bond donors (Lipinski definition) is 2. The molecule has 1 fully saturated rings. The Bertz CT molecular complexity index is 440. The highest BCUT2D eigenvalue weighted by atomic mass is 32.1. The van der Waals surface area contributed by atoms with E-state index >= 15 is 0 Å². The number of aromatic carboxylic acids is 1. The molecule has 1 atom stereocenters. The first kappa shape index (κ1) is 13.0. The molecule has 0 radical (unpaired) electrons. The highest BCUT2D eigenvalue weighted by Crippen LogP contribution is 2.15. The summed E-state index contributed by atoms with van der Waals surface area (Å²) in [6, 6.07) is 0. The molecule has 6 nitrogen and oxygen atoms in total. The number of amides is 1. The van der Waals surface area contributed by atoms with Crippen LogP contribution in [0.2, 0.25) is 0 Å². The minimum absolute atomic E-state index is 0.0170. The summed E-state index contributed by atoms with van der Waals surface area (Å²) in [5, 5.41) is 13.5. The highest BCUT2D eigenvalue weighted by molar-refractivity contribution is 7.09. The first-order chi connectivity index (χ1) is 8.65. The third-order valence-corrected chi connectivity index (χ3v) is 3.49. The Labute approximate surface area is 108 Å². The van der Waals surface area contributed by atoms with Crippen molar-refractivity contribution in [1.29, 1.82) is 0 Å². The predicted molar refractivity (Wildman–Crippen MR) is 64.5 cm³/mol. The first-order valence-corrected chi connectivity index (χ1v) is 6.59. The molecule has 2 rings (SSSR count). The molecular weight excluding hydrogens is 256 g/mol. The Hall–Kier alpha value is -1.47. The largest absolute Gasteiger partial charge is 0.476 e. The molecule has 0 saturated carbocycles. The van der Waals surface area contributed by atoms with Gasteiger partial charge in [0.05, 0.1) is 19.1 Å². The number of ether oxygens (including phenoxy) is 1. The number of hydrogen-bond acceptors (Lipinski definition) is 5. The van der Waals surface area contributed by atoms with Crippen LogP contribution < -0.4 is 5.32 Å². The Morgan fingerprint density at radius 2 is 2.44 bits per heavy atom. The van der Waals surface area contributed by atoms with Gasteiger partial charge in [0.25, 0.3) is 0 Å². The smallest absolute Gasteiger partial charge is 0.355 e. The first-order valence-electron chi connectivity index (χ1n) is 5.71. The van der Waals surface area contributed by atoms with Crippen LogP contribution in [0.5, 0.6) is 0 Å². The van der Waals surface area contributed by atoms with Crippen molar-refractivity contribution >= 4 is 23.2 Å². The number of thiazole rings is 1. The van der Waals surface area contributed by atoms with E-state index in [-0.39, 0.29) is 24.2 Å². The fourth-order valence-corrected chi connectivity index (χ4v) is 2.46. The topological polar surface area (TPSA) is 88.5 Å². The van der Waals surface area contributed by atoms with Gasteiger partial charge >= 0.3 is 5.97 Å². The second-order valence-corrected chi connectivity index (χ2v) is 4.99. The molecule has 0 aliphatic carbocycles. The molecule has 0 bridgehead atoms. The van der Waals surface area contributed by atoms with E-state index in [2.05, 4.69) is 10.3 Å². The van der Waals surface area contributed by atoms with E-state index in [0.29, 0.717) is 11.4 Å². The van der Waals surface area contributed by atoms with E-state index < -0.39 is 5.97 Å². The monoisotopic (exact) mass is 270 g/mol. The summed E-state index contributed by atoms with van der Waals surface area (Å²) >= 11 is 1.22. The number of carbonyl (C=O) groups excluding carboxylic acids is 1. The molecule has 2 heterocycles. The van der Waals surface area contributed by atoms with Crippen LogP contribution in [-0.4, -0.2) is 34.7 Å². The van der Waals surface area contributed by atoms with Gasteiger partial charge in [0.2, 0.25) is 5.91 Å². The third kappa shape index (κ3) is 3.51. The fraction of sp³-hybridized carbons (Fsp3) is 0.545. The Kier molecular flexibility index (Phi) is 4.27. The lowest BCUT2D eigenvalue weighted by Gasteiger charge is -2.08. The van der Waals surface area contributed by atoms with E-state index in [0.717, 1.165) is 19.4 Å². The van der Waals surface area contributed by atoms with Crippen LogP contribution in [0.3, 0.4) is 0 Å². The van der Waals surface area contributed by atoms with Crippen molar-refractivity contribution < 1.29 is 19.4 Å². The van der Waals surface area contributed by atoms with Crippen molar-refractivity contribution in [3.8, 4) is 0 Å². The normalized spacial score (nSPS) is 18.8. The van der Waals surface area contributed by atoms with Gasteiger partial charge in [-0.3, -0.25) is 4.79 Å². The quantitative estimate of drug-likeness (QED) is 0.834. The van der Waals surface area contributed by atoms with Crippen LogP contribution >= 0.6 is 11.3 Å². The van der Waals surface area contributed by atoms with Crippen LogP contribution in [0.25, 0.3) is 0 Å². The molecule has 98 valence electrons. The molecule has 1 unspecified atom stereocenters. The Morgan fingerprint density at radius 1 is 1.61 bits per heavy atom. The molecule has 2 N–H and O–H groups in total. The highest BCUT2D eigenvalue weighted by Gasteiger charge is 2.19. The molecule has 18 heavy (non-hydrogen) atoms. The molecule has 1 aromatic heterocycles. The van der Waals surface area contributed by atoms with Crippen molar-refractivity contribution in [2.75, 3.05) is 6.61 Å². The third-order valence-electron chi connectivity index (χ3n) is 2.64. The average molecular weight is 270 g/mol. The van der Waals surface area contributed by atoms with Crippen LogP contribution in [0.4, 0.5) is 0 Å². The van der Waals surface area contributed by atoms with Crippen LogP contribution in [-0.2, 0) is 16.1 Å². The molecule has 1 saturated heterocycles. The van der Waals surface area contributed by atoms with Crippen LogP contribution in [0, 0.1) is 0 Å². The predicted octanol–water partition coefficient (Wildman–Crippen LogP) is 1.03. The average Bonchev–Trinajstić information content (AvgIpc) is 2.96. The van der Waals surface area contributed by atoms with E-state index in [9.17, 15) is 9.59 Å². The molecule has 0 spiro atoms.